The molecule has 1 fully saturated rings. The number of nitrogens with one attached hydrogen (secondary N) is 1. The second kappa shape index (κ2) is 7.21. The predicted molar refractivity (Wildman–Crippen MR) is 81.3 cm³/mol. The summed E-state index contributed by atoms with van der Waals surface area (Å²) in [5, 5.41) is 0.192. The summed E-state index contributed by atoms with van der Waals surface area (Å²) in [5.41, 5.74) is 0. The normalized spacial score (nSPS) is 18.6. The van der Waals surface area contributed by atoms with Gasteiger partial charge in [-0.15, -0.1) is 0 Å². The maximum Gasteiger partial charge on any atom is 0.242 e. The molecule has 1 aliphatic rings. The van der Waals surface area contributed by atoms with Gasteiger partial charge >= 0.3 is 0 Å². The SMILES string of the molecule is CC(CN1CCOCC1)NS(=O)(=O)c1cnc(Cl)c(Cl)c1. The highest BCUT2D eigenvalue weighted by molar-refractivity contribution is 7.89. The molecule has 2 heterocycles. The van der Waals surface area contributed by atoms with E-state index in [0.717, 1.165) is 13.1 Å². The van der Waals surface area contributed by atoms with Crippen LogP contribution in [0.4, 0.5) is 0 Å². The van der Waals surface area contributed by atoms with Gasteiger partial charge in [-0.2, -0.15) is 0 Å². The number of ether oxygens (including phenoxy) is 1. The van der Waals surface area contributed by atoms with Gasteiger partial charge in [0.05, 0.1) is 18.2 Å². The van der Waals surface area contributed by atoms with E-state index in [-0.39, 0.29) is 21.1 Å². The lowest BCUT2D eigenvalue weighted by Gasteiger charge is -2.29. The number of aromatic nitrogens is 1. The van der Waals surface area contributed by atoms with Gasteiger partial charge in [0.1, 0.15) is 10.0 Å². The van der Waals surface area contributed by atoms with E-state index in [1.54, 1.807) is 0 Å². The van der Waals surface area contributed by atoms with Crippen molar-refractivity contribution in [1.29, 1.82) is 0 Å². The van der Waals surface area contributed by atoms with Crippen LogP contribution in [0.3, 0.4) is 0 Å². The van der Waals surface area contributed by atoms with Crippen molar-refractivity contribution < 1.29 is 13.2 Å². The van der Waals surface area contributed by atoms with Gasteiger partial charge in [0, 0.05) is 31.9 Å². The molecular weight excluding hydrogens is 337 g/mol. The average molecular weight is 354 g/mol. The Balaban J connectivity index is 2.00. The summed E-state index contributed by atoms with van der Waals surface area (Å²) in [5.74, 6) is 0. The van der Waals surface area contributed by atoms with Crippen LogP contribution in [0.5, 0.6) is 0 Å². The van der Waals surface area contributed by atoms with E-state index in [0.29, 0.717) is 19.8 Å². The van der Waals surface area contributed by atoms with Crippen LogP contribution in [0.15, 0.2) is 17.2 Å². The van der Waals surface area contributed by atoms with Crippen LogP contribution in [-0.2, 0) is 14.8 Å². The third-order valence-corrected chi connectivity index (χ3v) is 5.32. The number of sulfonamides is 1. The average Bonchev–Trinajstić information content (AvgIpc) is 2.42. The van der Waals surface area contributed by atoms with E-state index in [2.05, 4.69) is 14.6 Å². The molecule has 0 amide bonds. The number of halogens is 2. The first-order chi connectivity index (χ1) is 9.88. The highest BCUT2D eigenvalue weighted by atomic mass is 35.5. The molecule has 1 N–H and O–H groups in total. The highest BCUT2D eigenvalue weighted by Gasteiger charge is 2.21. The smallest absolute Gasteiger partial charge is 0.242 e. The number of hydrogen-bond donors (Lipinski definition) is 1. The molecule has 21 heavy (non-hydrogen) atoms. The molecule has 6 nitrogen and oxygen atoms in total. The highest BCUT2D eigenvalue weighted by Crippen LogP contribution is 2.22. The zero-order valence-corrected chi connectivity index (χ0v) is 13.9. The van der Waals surface area contributed by atoms with Crippen molar-refractivity contribution in [2.75, 3.05) is 32.8 Å². The lowest BCUT2D eigenvalue weighted by atomic mass is 10.3. The Kier molecular flexibility index (Phi) is 5.81. The van der Waals surface area contributed by atoms with Crippen molar-refractivity contribution >= 4 is 33.2 Å². The standard InChI is InChI=1S/C12H17Cl2N3O3S/c1-9(8-17-2-4-20-5-3-17)16-21(18,19)10-6-11(13)12(14)15-7-10/h6-7,9,16H,2-5,8H2,1H3. The molecule has 0 saturated carbocycles. The van der Waals surface area contributed by atoms with Crippen LogP contribution in [0.2, 0.25) is 10.2 Å². The summed E-state index contributed by atoms with van der Waals surface area (Å²) in [7, 11) is -3.66. The Morgan fingerprint density at radius 3 is 2.71 bits per heavy atom. The van der Waals surface area contributed by atoms with Crippen LogP contribution in [-0.4, -0.2) is 57.2 Å². The first-order valence-corrected chi connectivity index (χ1v) is 8.76. The van der Waals surface area contributed by atoms with Crippen molar-refractivity contribution in [1.82, 2.24) is 14.6 Å². The van der Waals surface area contributed by atoms with Crippen LogP contribution in [0.25, 0.3) is 0 Å². The van der Waals surface area contributed by atoms with Gasteiger partial charge in [-0.05, 0) is 13.0 Å². The van der Waals surface area contributed by atoms with Crippen molar-refractivity contribution in [3.05, 3.63) is 22.4 Å². The zero-order chi connectivity index (χ0) is 15.5. The summed E-state index contributed by atoms with van der Waals surface area (Å²) < 4.78 is 32.4. The summed E-state index contributed by atoms with van der Waals surface area (Å²) in [6.45, 7) is 5.41. The van der Waals surface area contributed by atoms with Gasteiger partial charge in [-0.3, -0.25) is 4.90 Å². The van der Waals surface area contributed by atoms with E-state index in [9.17, 15) is 8.42 Å². The minimum absolute atomic E-state index is 0.00530. The molecule has 1 aliphatic heterocycles. The van der Waals surface area contributed by atoms with Gasteiger partial charge in [0.25, 0.3) is 0 Å². The minimum atomic E-state index is -3.66. The number of pyridine rings is 1. The maximum absolute atomic E-state index is 12.3. The van der Waals surface area contributed by atoms with E-state index in [1.807, 2.05) is 6.92 Å². The summed E-state index contributed by atoms with van der Waals surface area (Å²) in [4.78, 5) is 5.92. The van der Waals surface area contributed by atoms with Crippen LogP contribution in [0, 0.1) is 0 Å². The second-order valence-corrected chi connectivity index (χ2v) is 7.36. The first-order valence-electron chi connectivity index (χ1n) is 6.52. The number of rotatable bonds is 5. The fraction of sp³-hybridized carbons (Fsp3) is 0.583. The lowest BCUT2D eigenvalue weighted by Crippen LogP contribution is -2.45. The molecule has 1 aromatic heterocycles. The molecule has 118 valence electrons. The predicted octanol–water partition coefficient (Wildman–Crippen LogP) is 1.39. The molecular formula is C12H17Cl2N3O3S. The number of nitrogens with zero attached hydrogens (tertiary/aromatic N) is 2. The van der Waals surface area contributed by atoms with Gasteiger partial charge in [-0.25, -0.2) is 18.1 Å². The quantitative estimate of drug-likeness (QED) is 0.809. The number of hydrogen-bond acceptors (Lipinski definition) is 5. The first kappa shape index (κ1) is 16.9. The van der Waals surface area contributed by atoms with Crippen molar-refractivity contribution in [2.24, 2.45) is 0 Å². The van der Waals surface area contributed by atoms with Crippen molar-refractivity contribution in [3.8, 4) is 0 Å². The molecule has 1 atom stereocenters. The van der Waals surface area contributed by atoms with E-state index in [1.165, 1.54) is 12.3 Å². The molecule has 2 rings (SSSR count). The molecule has 1 unspecified atom stereocenters. The maximum atomic E-state index is 12.3. The van der Waals surface area contributed by atoms with Crippen LogP contribution in [0.1, 0.15) is 6.92 Å². The monoisotopic (exact) mass is 353 g/mol. The Labute approximate surface area is 134 Å². The lowest BCUT2D eigenvalue weighted by molar-refractivity contribution is 0.0354. The van der Waals surface area contributed by atoms with Crippen molar-refractivity contribution in [2.45, 2.75) is 17.9 Å². The molecule has 1 aromatic rings. The summed E-state index contributed by atoms with van der Waals surface area (Å²) >= 11 is 11.5. The molecule has 0 radical (unpaired) electrons. The zero-order valence-electron chi connectivity index (χ0n) is 11.6. The Bertz CT molecular complexity index is 591. The molecule has 0 spiro atoms. The summed E-state index contributed by atoms with van der Waals surface area (Å²) in [6, 6.07) is 1.06. The largest absolute Gasteiger partial charge is 0.379 e. The fourth-order valence-electron chi connectivity index (χ4n) is 2.09. The van der Waals surface area contributed by atoms with Gasteiger partial charge in [0.2, 0.25) is 10.0 Å². The molecule has 0 aromatic carbocycles. The van der Waals surface area contributed by atoms with E-state index >= 15 is 0 Å². The van der Waals surface area contributed by atoms with E-state index in [4.69, 9.17) is 27.9 Å². The number of morpholine rings is 1. The molecule has 0 bridgehead atoms. The summed E-state index contributed by atoms with van der Waals surface area (Å²) in [6.07, 6.45) is 1.19. The Hall–Kier alpha value is -0.440. The molecule has 1 saturated heterocycles. The minimum Gasteiger partial charge on any atom is -0.379 e. The third kappa shape index (κ3) is 4.77. The third-order valence-electron chi connectivity index (χ3n) is 3.07. The molecule has 9 heteroatoms. The second-order valence-electron chi connectivity index (χ2n) is 4.88. The van der Waals surface area contributed by atoms with Crippen molar-refractivity contribution in [3.63, 3.8) is 0 Å². The topological polar surface area (TPSA) is 71.5 Å². The van der Waals surface area contributed by atoms with Crippen LogP contribution >= 0.6 is 23.2 Å². The fourth-order valence-corrected chi connectivity index (χ4v) is 3.63. The molecule has 0 aliphatic carbocycles. The van der Waals surface area contributed by atoms with Gasteiger partial charge in [-0.1, -0.05) is 23.2 Å². The Morgan fingerprint density at radius 2 is 2.10 bits per heavy atom. The van der Waals surface area contributed by atoms with Gasteiger partial charge < -0.3 is 4.74 Å². The van der Waals surface area contributed by atoms with Crippen LogP contribution < -0.4 is 4.72 Å². The van der Waals surface area contributed by atoms with E-state index < -0.39 is 10.0 Å². The van der Waals surface area contributed by atoms with Gasteiger partial charge in [0.15, 0.2) is 0 Å². The Morgan fingerprint density at radius 1 is 1.43 bits per heavy atom.